The fraction of sp³-hybridized carbons (Fsp3) is 0.294. The highest BCUT2D eigenvalue weighted by Gasteiger charge is 2.17. The molecule has 19 heavy (non-hydrogen) atoms. The van der Waals surface area contributed by atoms with Crippen molar-refractivity contribution >= 4 is 0 Å². The zero-order valence-electron chi connectivity index (χ0n) is 11.2. The average molecular weight is 256 g/mol. The van der Waals surface area contributed by atoms with E-state index in [1.165, 1.54) is 11.6 Å². The molecule has 0 aromatic heterocycles. The minimum Gasteiger partial charge on any atom is -0.508 e. The van der Waals surface area contributed by atoms with E-state index in [0.717, 1.165) is 24.8 Å². The van der Waals surface area contributed by atoms with Gasteiger partial charge in [-0.25, -0.2) is 0 Å². The van der Waals surface area contributed by atoms with Crippen LogP contribution in [0.25, 0.3) is 0 Å². The monoisotopic (exact) mass is 256 g/mol. The fourth-order valence-electron chi connectivity index (χ4n) is 2.42. The molecule has 0 amide bonds. The van der Waals surface area contributed by atoms with E-state index in [0.29, 0.717) is 0 Å². The van der Waals surface area contributed by atoms with E-state index >= 15 is 0 Å². The van der Waals surface area contributed by atoms with Crippen molar-refractivity contribution in [1.82, 2.24) is 0 Å². The molecule has 2 heteroatoms. The van der Waals surface area contributed by atoms with Crippen molar-refractivity contribution in [3.8, 4) is 11.5 Å². The van der Waals surface area contributed by atoms with Crippen LogP contribution in [-0.4, -0.2) is 10.2 Å². The maximum atomic E-state index is 10.1. The summed E-state index contributed by atoms with van der Waals surface area (Å²) in [6.45, 7) is 2.16. The lowest BCUT2D eigenvalue weighted by Gasteiger charge is -2.19. The molecular formula is C17H20O2. The van der Waals surface area contributed by atoms with Gasteiger partial charge in [-0.3, -0.25) is 0 Å². The molecule has 1 atom stereocenters. The number of phenolic OH excluding ortho intramolecular Hbond substituents is 2. The second kappa shape index (κ2) is 6.28. The van der Waals surface area contributed by atoms with E-state index in [9.17, 15) is 10.2 Å². The molecule has 2 rings (SSSR count). The van der Waals surface area contributed by atoms with Crippen LogP contribution in [0, 0.1) is 0 Å². The third-order valence-corrected chi connectivity index (χ3v) is 3.43. The number of aromatic hydroxyl groups is 2. The van der Waals surface area contributed by atoms with Gasteiger partial charge in [-0.05, 0) is 30.2 Å². The van der Waals surface area contributed by atoms with Gasteiger partial charge in [-0.1, -0.05) is 50.1 Å². The van der Waals surface area contributed by atoms with Crippen molar-refractivity contribution in [3.05, 3.63) is 59.7 Å². The molecular weight excluding hydrogens is 236 g/mol. The van der Waals surface area contributed by atoms with Crippen LogP contribution in [0.4, 0.5) is 0 Å². The molecule has 2 aromatic rings. The number of hydrogen-bond donors (Lipinski definition) is 2. The van der Waals surface area contributed by atoms with Crippen molar-refractivity contribution in [1.29, 1.82) is 0 Å². The predicted molar refractivity (Wildman–Crippen MR) is 77.6 cm³/mol. The standard InChI is InChI=1S/C17H20O2/c1-2-3-9-15(13-7-5-4-6-8-13)16-12-14(18)10-11-17(16)19/h4-8,10-12,15,18-19H,2-3,9H2,1H3. The number of benzene rings is 2. The van der Waals surface area contributed by atoms with E-state index in [-0.39, 0.29) is 17.4 Å². The Bertz CT molecular complexity index is 520. The van der Waals surface area contributed by atoms with Gasteiger partial charge in [0, 0.05) is 11.5 Å². The molecule has 0 saturated heterocycles. The summed E-state index contributed by atoms with van der Waals surface area (Å²) in [5.74, 6) is 0.584. The third kappa shape index (κ3) is 3.28. The molecule has 0 aliphatic carbocycles. The Morgan fingerprint density at radius 1 is 1.00 bits per heavy atom. The molecule has 0 fully saturated rings. The molecule has 0 radical (unpaired) electrons. The minimum absolute atomic E-state index is 0.133. The highest BCUT2D eigenvalue weighted by atomic mass is 16.3. The lowest BCUT2D eigenvalue weighted by molar-refractivity contribution is 0.448. The summed E-state index contributed by atoms with van der Waals surface area (Å²) < 4.78 is 0. The summed E-state index contributed by atoms with van der Waals surface area (Å²) in [5.41, 5.74) is 1.98. The van der Waals surface area contributed by atoms with E-state index in [4.69, 9.17) is 0 Å². The summed E-state index contributed by atoms with van der Waals surface area (Å²) in [5, 5.41) is 19.7. The number of hydrogen-bond acceptors (Lipinski definition) is 2. The normalized spacial score (nSPS) is 12.3. The Morgan fingerprint density at radius 3 is 2.42 bits per heavy atom. The van der Waals surface area contributed by atoms with E-state index in [2.05, 4.69) is 19.1 Å². The Balaban J connectivity index is 2.40. The quantitative estimate of drug-likeness (QED) is 0.777. The van der Waals surface area contributed by atoms with Crippen LogP contribution in [0.1, 0.15) is 43.2 Å². The zero-order valence-corrected chi connectivity index (χ0v) is 11.2. The lowest BCUT2D eigenvalue weighted by atomic mass is 9.86. The molecule has 0 aliphatic heterocycles. The van der Waals surface area contributed by atoms with E-state index in [1.54, 1.807) is 12.1 Å². The van der Waals surface area contributed by atoms with Crippen molar-refractivity contribution < 1.29 is 10.2 Å². The highest BCUT2D eigenvalue weighted by Crippen LogP contribution is 2.36. The van der Waals surface area contributed by atoms with Crippen LogP contribution < -0.4 is 0 Å². The maximum Gasteiger partial charge on any atom is 0.119 e. The van der Waals surface area contributed by atoms with Gasteiger partial charge < -0.3 is 10.2 Å². The zero-order chi connectivity index (χ0) is 13.7. The summed E-state index contributed by atoms with van der Waals surface area (Å²) >= 11 is 0. The van der Waals surface area contributed by atoms with Crippen LogP contribution >= 0.6 is 0 Å². The Hall–Kier alpha value is -1.96. The second-order valence-electron chi connectivity index (χ2n) is 4.85. The van der Waals surface area contributed by atoms with Crippen molar-refractivity contribution in [2.75, 3.05) is 0 Å². The largest absolute Gasteiger partial charge is 0.508 e. The third-order valence-electron chi connectivity index (χ3n) is 3.43. The smallest absolute Gasteiger partial charge is 0.119 e. The second-order valence-corrected chi connectivity index (χ2v) is 4.85. The van der Waals surface area contributed by atoms with Crippen molar-refractivity contribution in [2.24, 2.45) is 0 Å². The van der Waals surface area contributed by atoms with Crippen LogP contribution in [0.5, 0.6) is 11.5 Å². The molecule has 0 spiro atoms. The first kappa shape index (κ1) is 13.5. The summed E-state index contributed by atoms with van der Waals surface area (Å²) in [6, 6.07) is 14.9. The van der Waals surface area contributed by atoms with Gasteiger partial charge in [0.1, 0.15) is 11.5 Å². The topological polar surface area (TPSA) is 40.5 Å². The SMILES string of the molecule is CCCCC(c1ccccc1)c1cc(O)ccc1O. The van der Waals surface area contributed by atoms with Crippen molar-refractivity contribution in [3.63, 3.8) is 0 Å². The molecule has 100 valence electrons. The molecule has 2 aromatic carbocycles. The molecule has 0 saturated carbocycles. The summed E-state index contributed by atoms with van der Waals surface area (Å²) in [4.78, 5) is 0. The summed E-state index contributed by atoms with van der Waals surface area (Å²) in [6.07, 6.45) is 3.18. The molecule has 1 unspecified atom stereocenters. The Labute approximate surface area is 114 Å². The average Bonchev–Trinajstić information content (AvgIpc) is 2.44. The van der Waals surface area contributed by atoms with Crippen LogP contribution in [-0.2, 0) is 0 Å². The highest BCUT2D eigenvalue weighted by molar-refractivity contribution is 5.45. The number of unbranched alkanes of at least 4 members (excludes halogenated alkanes) is 1. The van der Waals surface area contributed by atoms with Crippen molar-refractivity contribution in [2.45, 2.75) is 32.1 Å². The van der Waals surface area contributed by atoms with Crippen LogP contribution in [0.3, 0.4) is 0 Å². The molecule has 0 heterocycles. The fourth-order valence-corrected chi connectivity index (χ4v) is 2.42. The molecule has 0 aliphatic rings. The number of phenols is 2. The van der Waals surface area contributed by atoms with E-state index < -0.39 is 0 Å². The van der Waals surface area contributed by atoms with Gasteiger partial charge in [-0.15, -0.1) is 0 Å². The first-order valence-corrected chi connectivity index (χ1v) is 6.79. The van der Waals surface area contributed by atoms with Gasteiger partial charge in [0.15, 0.2) is 0 Å². The minimum atomic E-state index is 0.133. The lowest BCUT2D eigenvalue weighted by Crippen LogP contribution is -2.01. The van der Waals surface area contributed by atoms with Gasteiger partial charge >= 0.3 is 0 Å². The van der Waals surface area contributed by atoms with Crippen LogP contribution in [0.15, 0.2) is 48.5 Å². The molecule has 2 N–H and O–H groups in total. The Kier molecular flexibility index (Phi) is 4.45. The number of rotatable bonds is 5. The first-order valence-electron chi connectivity index (χ1n) is 6.79. The molecule has 0 bridgehead atoms. The Morgan fingerprint density at radius 2 is 1.74 bits per heavy atom. The van der Waals surface area contributed by atoms with Gasteiger partial charge in [-0.2, -0.15) is 0 Å². The van der Waals surface area contributed by atoms with Crippen LogP contribution in [0.2, 0.25) is 0 Å². The maximum absolute atomic E-state index is 10.1. The first-order chi connectivity index (χ1) is 9.22. The summed E-state index contributed by atoms with van der Waals surface area (Å²) in [7, 11) is 0. The van der Waals surface area contributed by atoms with E-state index in [1.807, 2.05) is 18.2 Å². The van der Waals surface area contributed by atoms with Gasteiger partial charge in [0.25, 0.3) is 0 Å². The predicted octanol–water partition coefficient (Wildman–Crippen LogP) is 4.42. The van der Waals surface area contributed by atoms with Gasteiger partial charge in [0.05, 0.1) is 0 Å². The van der Waals surface area contributed by atoms with Gasteiger partial charge in [0.2, 0.25) is 0 Å². The molecule has 2 nitrogen and oxygen atoms in total.